The summed E-state index contributed by atoms with van der Waals surface area (Å²) in [7, 11) is 0. The van der Waals surface area contributed by atoms with Gasteiger partial charge in [0.2, 0.25) is 0 Å². The number of aliphatic hydroxyl groups excluding tert-OH is 1. The van der Waals surface area contributed by atoms with Crippen molar-refractivity contribution in [1.29, 1.82) is 0 Å². The summed E-state index contributed by atoms with van der Waals surface area (Å²) in [4.78, 5) is 0. The average Bonchev–Trinajstić information content (AvgIpc) is 2.67. The highest BCUT2D eigenvalue weighted by Gasteiger charge is 2.41. The Bertz CT molecular complexity index is 446. The lowest BCUT2D eigenvalue weighted by Crippen LogP contribution is -2.47. The van der Waals surface area contributed by atoms with Gasteiger partial charge in [0, 0.05) is 0 Å². The fraction of sp³-hybridized carbons (Fsp3) is 0.500. The predicted octanol–water partition coefficient (Wildman–Crippen LogP) is 2.11. The Hall–Kier alpha value is -1.14. The zero-order valence-electron chi connectivity index (χ0n) is 9.52. The van der Waals surface area contributed by atoms with E-state index < -0.39 is 30.7 Å². The van der Waals surface area contributed by atoms with Crippen LogP contribution in [0, 0.1) is 5.82 Å². The summed E-state index contributed by atoms with van der Waals surface area (Å²) in [5.74, 6) is -0.434. The monoisotopic (exact) mass is 263 g/mol. The van der Waals surface area contributed by atoms with Crippen LogP contribution < -0.4 is 5.32 Å². The maximum Gasteiger partial charge on any atom is 0.401 e. The number of hydrogen-bond acceptors (Lipinski definition) is 2. The summed E-state index contributed by atoms with van der Waals surface area (Å²) in [6.07, 6.45) is -3.78. The first-order chi connectivity index (χ1) is 8.38. The fourth-order valence-corrected chi connectivity index (χ4v) is 2.41. The minimum atomic E-state index is -4.36. The van der Waals surface area contributed by atoms with Crippen molar-refractivity contribution in [3.8, 4) is 0 Å². The first kappa shape index (κ1) is 13.3. The number of aliphatic hydroxyl groups is 1. The molecule has 2 N–H and O–H groups in total. The first-order valence-corrected chi connectivity index (χ1v) is 5.58. The molecule has 0 heterocycles. The van der Waals surface area contributed by atoms with Crippen LogP contribution in [0.2, 0.25) is 0 Å². The van der Waals surface area contributed by atoms with E-state index in [4.69, 9.17) is 0 Å². The standard InChI is InChI=1S/C12H13F4NO/c13-10-3-1-2-9-8(10)4-5-11(9,7-18)17-6-12(14,15)16/h1-3,17-18H,4-7H2. The van der Waals surface area contributed by atoms with E-state index in [1.165, 1.54) is 12.1 Å². The maximum atomic E-state index is 13.5. The normalized spacial score (nSPS) is 23.2. The topological polar surface area (TPSA) is 32.3 Å². The third kappa shape index (κ3) is 2.35. The molecule has 0 spiro atoms. The van der Waals surface area contributed by atoms with Crippen molar-refractivity contribution in [3.05, 3.63) is 35.1 Å². The molecule has 1 aliphatic carbocycles. The summed E-state index contributed by atoms with van der Waals surface area (Å²) in [6.45, 7) is -1.69. The van der Waals surface area contributed by atoms with Crippen molar-refractivity contribution in [2.75, 3.05) is 13.2 Å². The van der Waals surface area contributed by atoms with Crippen molar-refractivity contribution in [3.63, 3.8) is 0 Å². The van der Waals surface area contributed by atoms with Crippen molar-refractivity contribution in [1.82, 2.24) is 5.32 Å². The zero-order valence-corrected chi connectivity index (χ0v) is 9.52. The molecular weight excluding hydrogens is 250 g/mol. The summed E-state index contributed by atoms with van der Waals surface area (Å²) in [5.41, 5.74) is -0.372. The minimum Gasteiger partial charge on any atom is -0.394 e. The summed E-state index contributed by atoms with van der Waals surface area (Å²) < 4.78 is 50.3. The summed E-state index contributed by atoms with van der Waals surface area (Å²) in [6, 6.07) is 4.28. The van der Waals surface area contributed by atoms with Crippen LogP contribution in [0.3, 0.4) is 0 Å². The fourth-order valence-electron chi connectivity index (χ4n) is 2.41. The molecule has 1 unspecified atom stereocenters. The highest BCUT2D eigenvalue weighted by molar-refractivity contribution is 5.40. The van der Waals surface area contributed by atoms with Gasteiger partial charge in [0.1, 0.15) is 5.82 Å². The van der Waals surface area contributed by atoms with E-state index in [2.05, 4.69) is 5.32 Å². The number of nitrogens with one attached hydrogen (secondary N) is 1. The van der Waals surface area contributed by atoms with E-state index in [1.807, 2.05) is 0 Å². The van der Waals surface area contributed by atoms with E-state index in [-0.39, 0.29) is 6.42 Å². The number of hydrogen-bond donors (Lipinski definition) is 2. The molecule has 0 aliphatic heterocycles. The lowest BCUT2D eigenvalue weighted by atomic mass is 9.92. The van der Waals surface area contributed by atoms with E-state index in [0.29, 0.717) is 17.5 Å². The number of halogens is 4. The van der Waals surface area contributed by atoms with Gasteiger partial charge in [0.25, 0.3) is 0 Å². The van der Waals surface area contributed by atoms with Crippen molar-refractivity contribution < 1.29 is 22.7 Å². The molecule has 1 aliphatic rings. The zero-order chi connectivity index (χ0) is 13.4. The molecule has 0 aromatic heterocycles. The summed E-state index contributed by atoms with van der Waals surface area (Å²) >= 11 is 0. The van der Waals surface area contributed by atoms with Gasteiger partial charge in [0.05, 0.1) is 18.7 Å². The molecular formula is C12H13F4NO. The largest absolute Gasteiger partial charge is 0.401 e. The Balaban J connectivity index is 2.29. The van der Waals surface area contributed by atoms with Gasteiger partial charge in [-0.2, -0.15) is 13.2 Å². The first-order valence-electron chi connectivity index (χ1n) is 5.58. The number of fused-ring (bicyclic) bond motifs is 1. The quantitative estimate of drug-likeness (QED) is 0.819. The third-order valence-electron chi connectivity index (χ3n) is 3.33. The molecule has 0 amide bonds. The molecule has 1 atom stereocenters. The molecule has 0 saturated carbocycles. The van der Waals surface area contributed by atoms with Gasteiger partial charge in [-0.25, -0.2) is 4.39 Å². The molecule has 1 aromatic rings. The Kier molecular flexibility index (Phi) is 3.33. The van der Waals surface area contributed by atoms with Gasteiger partial charge in [-0.05, 0) is 30.0 Å². The second-order valence-corrected chi connectivity index (χ2v) is 4.47. The van der Waals surface area contributed by atoms with E-state index in [0.717, 1.165) is 0 Å². The molecule has 0 fully saturated rings. The van der Waals surface area contributed by atoms with Crippen LogP contribution in [-0.2, 0) is 12.0 Å². The van der Waals surface area contributed by atoms with Gasteiger partial charge < -0.3 is 5.11 Å². The highest BCUT2D eigenvalue weighted by Crippen LogP contribution is 2.38. The molecule has 2 rings (SSSR count). The smallest absolute Gasteiger partial charge is 0.394 e. The van der Waals surface area contributed by atoms with Gasteiger partial charge in [-0.15, -0.1) is 0 Å². The molecule has 0 radical (unpaired) electrons. The Morgan fingerprint density at radius 3 is 2.67 bits per heavy atom. The van der Waals surface area contributed by atoms with Gasteiger partial charge in [0.15, 0.2) is 0 Å². The molecule has 18 heavy (non-hydrogen) atoms. The second-order valence-electron chi connectivity index (χ2n) is 4.47. The van der Waals surface area contributed by atoms with Crippen LogP contribution >= 0.6 is 0 Å². The van der Waals surface area contributed by atoms with E-state index in [9.17, 15) is 22.7 Å². The Labute approximate surface area is 102 Å². The molecule has 0 bridgehead atoms. The number of benzene rings is 1. The third-order valence-corrected chi connectivity index (χ3v) is 3.33. The maximum absolute atomic E-state index is 13.5. The molecule has 0 saturated heterocycles. The molecule has 100 valence electrons. The van der Waals surface area contributed by atoms with Crippen LogP contribution in [-0.4, -0.2) is 24.4 Å². The average molecular weight is 263 g/mol. The van der Waals surface area contributed by atoms with Gasteiger partial charge in [-0.3, -0.25) is 5.32 Å². The number of alkyl halides is 3. The molecule has 1 aromatic carbocycles. The van der Waals surface area contributed by atoms with Crippen LogP contribution in [0.15, 0.2) is 18.2 Å². The Morgan fingerprint density at radius 2 is 2.06 bits per heavy atom. The van der Waals surface area contributed by atoms with Crippen LogP contribution in [0.4, 0.5) is 17.6 Å². The van der Waals surface area contributed by atoms with Crippen LogP contribution in [0.5, 0.6) is 0 Å². The van der Waals surface area contributed by atoms with Crippen LogP contribution in [0.1, 0.15) is 17.5 Å². The van der Waals surface area contributed by atoms with Crippen molar-refractivity contribution in [2.45, 2.75) is 24.6 Å². The van der Waals surface area contributed by atoms with Gasteiger partial charge >= 0.3 is 6.18 Å². The SMILES string of the molecule is OCC1(NCC(F)(F)F)CCc2c(F)cccc21. The highest BCUT2D eigenvalue weighted by atomic mass is 19.4. The second kappa shape index (κ2) is 4.51. The lowest BCUT2D eigenvalue weighted by Gasteiger charge is -2.30. The predicted molar refractivity (Wildman–Crippen MR) is 57.5 cm³/mol. The minimum absolute atomic E-state index is 0.260. The number of rotatable bonds is 3. The summed E-state index contributed by atoms with van der Waals surface area (Å²) in [5, 5.41) is 11.7. The molecule has 6 heteroatoms. The molecule has 2 nitrogen and oxygen atoms in total. The van der Waals surface area contributed by atoms with Crippen molar-refractivity contribution >= 4 is 0 Å². The van der Waals surface area contributed by atoms with E-state index in [1.54, 1.807) is 6.07 Å². The lowest BCUT2D eigenvalue weighted by molar-refractivity contribution is -0.130. The van der Waals surface area contributed by atoms with E-state index >= 15 is 0 Å². The van der Waals surface area contributed by atoms with Crippen molar-refractivity contribution in [2.24, 2.45) is 0 Å². The van der Waals surface area contributed by atoms with Gasteiger partial charge in [-0.1, -0.05) is 12.1 Å². The Morgan fingerprint density at radius 1 is 1.33 bits per heavy atom. The van der Waals surface area contributed by atoms with Crippen LogP contribution in [0.25, 0.3) is 0 Å².